The van der Waals surface area contributed by atoms with Crippen molar-refractivity contribution in [2.75, 3.05) is 13.2 Å². The molecular formula is C19H15BrO4. The third-order valence-electron chi connectivity index (χ3n) is 3.99. The molecule has 4 rings (SSSR count). The van der Waals surface area contributed by atoms with Crippen molar-refractivity contribution in [3.63, 3.8) is 0 Å². The number of benzene rings is 2. The maximum absolute atomic E-state index is 13.0. The normalized spacial score (nSPS) is 14.2. The average molecular weight is 387 g/mol. The first-order chi connectivity index (χ1) is 11.7. The number of rotatable bonds is 0. The van der Waals surface area contributed by atoms with Crippen LogP contribution in [0.3, 0.4) is 0 Å². The van der Waals surface area contributed by atoms with Gasteiger partial charge < -0.3 is 13.9 Å². The first-order valence-corrected chi connectivity index (χ1v) is 8.65. The molecule has 2 heterocycles. The minimum atomic E-state index is -0.164. The van der Waals surface area contributed by atoms with Crippen molar-refractivity contribution >= 4 is 26.9 Å². The van der Waals surface area contributed by atoms with Crippen molar-refractivity contribution in [2.24, 2.45) is 0 Å². The van der Waals surface area contributed by atoms with Crippen molar-refractivity contribution in [3.8, 4) is 22.8 Å². The van der Waals surface area contributed by atoms with E-state index < -0.39 is 0 Å². The second-order valence-corrected chi connectivity index (χ2v) is 6.55. The predicted octanol–water partition coefficient (Wildman–Crippen LogP) is 4.77. The summed E-state index contributed by atoms with van der Waals surface area (Å²) in [5.74, 6) is 1.37. The number of hydrogen-bond acceptors (Lipinski definition) is 4. The van der Waals surface area contributed by atoms with Crippen LogP contribution in [0.4, 0.5) is 0 Å². The van der Waals surface area contributed by atoms with Crippen molar-refractivity contribution in [1.82, 2.24) is 0 Å². The zero-order valence-corrected chi connectivity index (χ0v) is 14.5. The van der Waals surface area contributed by atoms with E-state index in [0.29, 0.717) is 35.7 Å². The molecule has 0 unspecified atom stereocenters. The molecule has 0 bridgehead atoms. The third-order valence-corrected chi connectivity index (χ3v) is 4.48. The van der Waals surface area contributed by atoms with E-state index in [1.165, 1.54) is 0 Å². The van der Waals surface area contributed by atoms with Crippen LogP contribution in [0.15, 0.2) is 56.1 Å². The van der Waals surface area contributed by atoms with E-state index in [9.17, 15) is 4.79 Å². The van der Waals surface area contributed by atoms with Gasteiger partial charge in [0.2, 0.25) is 11.2 Å². The van der Waals surface area contributed by atoms with Gasteiger partial charge in [0, 0.05) is 4.47 Å². The van der Waals surface area contributed by atoms with E-state index in [0.717, 1.165) is 22.9 Å². The minimum Gasteiger partial charge on any atom is -0.493 e. The molecule has 1 aromatic heterocycles. The maximum atomic E-state index is 13.0. The van der Waals surface area contributed by atoms with Gasteiger partial charge in [0.15, 0.2) is 5.76 Å². The van der Waals surface area contributed by atoms with E-state index >= 15 is 0 Å². The van der Waals surface area contributed by atoms with Gasteiger partial charge >= 0.3 is 0 Å². The molecule has 0 amide bonds. The molecule has 0 fully saturated rings. The monoisotopic (exact) mass is 386 g/mol. The largest absolute Gasteiger partial charge is 0.493 e. The summed E-state index contributed by atoms with van der Waals surface area (Å²) in [6.07, 6.45) is 1.69. The van der Waals surface area contributed by atoms with E-state index in [1.54, 1.807) is 12.1 Å². The smallest absolute Gasteiger partial charge is 0.235 e. The maximum Gasteiger partial charge on any atom is 0.235 e. The van der Waals surface area contributed by atoms with Crippen LogP contribution in [-0.4, -0.2) is 13.2 Å². The van der Waals surface area contributed by atoms with Crippen LogP contribution in [0, 0.1) is 0 Å². The second-order valence-electron chi connectivity index (χ2n) is 5.63. The molecule has 0 saturated heterocycles. The zero-order chi connectivity index (χ0) is 16.5. The van der Waals surface area contributed by atoms with Crippen LogP contribution in [-0.2, 0) is 0 Å². The molecule has 0 aliphatic carbocycles. The Bertz CT molecular complexity index is 961. The summed E-state index contributed by atoms with van der Waals surface area (Å²) < 4.78 is 18.6. The summed E-state index contributed by atoms with van der Waals surface area (Å²) in [6.45, 7) is 1.07. The Balaban J connectivity index is 2.04. The third kappa shape index (κ3) is 2.69. The van der Waals surface area contributed by atoms with E-state index in [-0.39, 0.29) is 11.2 Å². The number of ether oxygens (including phenoxy) is 2. The number of halogens is 1. The highest BCUT2D eigenvalue weighted by Crippen LogP contribution is 2.37. The summed E-state index contributed by atoms with van der Waals surface area (Å²) >= 11 is 3.40. The van der Waals surface area contributed by atoms with Gasteiger partial charge in [-0.3, -0.25) is 4.79 Å². The lowest BCUT2D eigenvalue weighted by Crippen LogP contribution is -2.13. The first kappa shape index (κ1) is 15.3. The molecule has 122 valence electrons. The van der Waals surface area contributed by atoms with Gasteiger partial charge in [-0.1, -0.05) is 28.1 Å². The van der Waals surface area contributed by atoms with Crippen molar-refractivity contribution in [1.29, 1.82) is 0 Å². The lowest BCUT2D eigenvalue weighted by molar-refractivity contribution is 0.258. The van der Waals surface area contributed by atoms with Crippen LogP contribution >= 0.6 is 15.9 Å². The van der Waals surface area contributed by atoms with Crippen molar-refractivity contribution in [2.45, 2.75) is 12.8 Å². The van der Waals surface area contributed by atoms with Crippen molar-refractivity contribution < 1.29 is 13.9 Å². The molecule has 0 radical (unpaired) electrons. The Morgan fingerprint density at radius 2 is 1.75 bits per heavy atom. The van der Waals surface area contributed by atoms with Gasteiger partial charge in [-0.05, 0) is 43.2 Å². The van der Waals surface area contributed by atoms with Gasteiger partial charge in [-0.2, -0.15) is 0 Å². The predicted molar refractivity (Wildman–Crippen MR) is 95.8 cm³/mol. The second kappa shape index (κ2) is 6.32. The molecule has 2 aromatic carbocycles. The first-order valence-electron chi connectivity index (χ1n) is 7.85. The Hall–Kier alpha value is -2.27. The fraction of sp³-hybridized carbons (Fsp3) is 0.211. The average Bonchev–Trinajstić information content (AvgIpc) is 2.60. The minimum absolute atomic E-state index is 0.164. The Labute approximate surface area is 147 Å². The van der Waals surface area contributed by atoms with E-state index in [4.69, 9.17) is 13.9 Å². The summed E-state index contributed by atoms with van der Waals surface area (Å²) in [7, 11) is 0. The Kier molecular flexibility index (Phi) is 4.02. The highest BCUT2D eigenvalue weighted by Gasteiger charge is 2.21. The molecule has 0 saturated carbocycles. The molecule has 1 aliphatic heterocycles. The highest BCUT2D eigenvalue weighted by atomic mass is 79.9. The fourth-order valence-corrected chi connectivity index (χ4v) is 3.16. The standard InChI is InChI=1S/C19H15BrO4/c20-12-7-8-16-14(11-12)17(21)19-18(24-16)13-5-1-2-6-15(13)22-9-3-4-10-23-19/h1-2,5-8,11H,3-4,9-10H2. The molecule has 0 spiro atoms. The SMILES string of the molecule is O=c1c2c(oc3ccc(Br)cc13)-c1ccccc1OCCCCO2. The topological polar surface area (TPSA) is 48.7 Å². The highest BCUT2D eigenvalue weighted by molar-refractivity contribution is 9.10. The van der Waals surface area contributed by atoms with Crippen LogP contribution < -0.4 is 14.9 Å². The van der Waals surface area contributed by atoms with E-state index in [2.05, 4.69) is 15.9 Å². The summed E-state index contributed by atoms with van der Waals surface area (Å²) in [6, 6.07) is 12.9. The van der Waals surface area contributed by atoms with Crippen LogP contribution in [0.5, 0.6) is 11.5 Å². The van der Waals surface area contributed by atoms with Gasteiger partial charge in [-0.25, -0.2) is 0 Å². The number of hydrogen-bond donors (Lipinski definition) is 0. The lowest BCUT2D eigenvalue weighted by atomic mass is 10.1. The number of fused-ring (bicyclic) bond motifs is 4. The van der Waals surface area contributed by atoms with Gasteiger partial charge in [0.25, 0.3) is 0 Å². The molecular weight excluding hydrogens is 372 g/mol. The quantitative estimate of drug-likeness (QED) is 0.558. The van der Waals surface area contributed by atoms with Crippen LogP contribution in [0.25, 0.3) is 22.3 Å². The van der Waals surface area contributed by atoms with Crippen molar-refractivity contribution in [3.05, 3.63) is 57.2 Å². The molecule has 5 heteroatoms. The van der Waals surface area contributed by atoms with Gasteiger partial charge in [-0.15, -0.1) is 0 Å². The summed E-state index contributed by atoms with van der Waals surface area (Å²) in [4.78, 5) is 13.0. The Morgan fingerprint density at radius 3 is 2.62 bits per heavy atom. The molecule has 4 nitrogen and oxygen atoms in total. The summed E-state index contributed by atoms with van der Waals surface area (Å²) in [5, 5.41) is 0.499. The molecule has 3 aromatic rings. The summed E-state index contributed by atoms with van der Waals surface area (Å²) in [5.41, 5.74) is 1.09. The number of para-hydroxylation sites is 1. The van der Waals surface area contributed by atoms with Crippen LogP contribution in [0.1, 0.15) is 12.8 Å². The van der Waals surface area contributed by atoms with E-state index in [1.807, 2.05) is 30.3 Å². The van der Waals surface area contributed by atoms with Crippen LogP contribution in [0.2, 0.25) is 0 Å². The van der Waals surface area contributed by atoms with Gasteiger partial charge in [0.1, 0.15) is 11.3 Å². The lowest BCUT2D eigenvalue weighted by Gasteiger charge is -2.17. The fourth-order valence-electron chi connectivity index (χ4n) is 2.80. The molecule has 1 aliphatic rings. The molecule has 0 N–H and O–H groups in total. The molecule has 24 heavy (non-hydrogen) atoms. The molecule has 0 atom stereocenters. The zero-order valence-electron chi connectivity index (χ0n) is 12.9. The Morgan fingerprint density at radius 1 is 0.958 bits per heavy atom. The van der Waals surface area contributed by atoms with Gasteiger partial charge in [0.05, 0.1) is 24.2 Å².